The number of thioether (sulfide) groups is 1. The zero-order valence-corrected chi connectivity index (χ0v) is 21.0. The summed E-state index contributed by atoms with van der Waals surface area (Å²) in [6, 6.07) is 17.3. The molecular weight excluding hydrogens is 522 g/mol. The van der Waals surface area contributed by atoms with Gasteiger partial charge in [0.25, 0.3) is 0 Å². The number of amidine groups is 1. The van der Waals surface area contributed by atoms with Crippen LogP contribution >= 0.6 is 11.8 Å². The number of halogens is 4. The topological polar surface area (TPSA) is 71.0 Å². The maximum absolute atomic E-state index is 14.0. The number of carbonyl (C=O) groups is 2. The van der Waals surface area contributed by atoms with Gasteiger partial charge in [-0.2, -0.15) is 13.2 Å². The molecule has 1 heterocycles. The van der Waals surface area contributed by atoms with Crippen LogP contribution in [0.25, 0.3) is 0 Å². The zero-order valence-electron chi connectivity index (χ0n) is 20.2. The van der Waals surface area contributed by atoms with Crippen molar-refractivity contribution in [1.82, 2.24) is 4.90 Å². The fourth-order valence-electron chi connectivity index (χ4n) is 3.73. The Labute approximate surface area is 220 Å². The molecule has 0 spiro atoms. The van der Waals surface area contributed by atoms with Gasteiger partial charge in [-0.1, -0.05) is 42.1 Å². The second-order valence-corrected chi connectivity index (χ2v) is 9.54. The van der Waals surface area contributed by atoms with E-state index in [1.54, 1.807) is 25.3 Å². The van der Waals surface area contributed by atoms with Gasteiger partial charge < -0.3 is 10.1 Å². The summed E-state index contributed by atoms with van der Waals surface area (Å²) in [5, 5.41) is 1.61. The van der Waals surface area contributed by atoms with E-state index in [4.69, 9.17) is 4.74 Å². The third-order valence-corrected chi connectivity index (χ3v) is 6.93. The minimum absolute atomic E-state index is 0.0141. The van der Waals surface area contributed by atoms with Gasteiger partial charge in [0.1, 0.15) is 16.8 Å². The highest BCUT2D eigenvalue weighted by Gasteiger charge is 2.36. The highest BCUT2D eigenvalue weighted by molar-refractivity contribution is 8.15. The number of nitrogens with zero attached hydrogens (tertiary/aromatic N) is 2. The van der Waals surface area contributed by atoms with Crippen LogP contribution in [0, 0.1) is 5.82 Å². The van der Waals surface area contributed by atoms with E-state index in [0.717, 1.165) is 29.5 Å². The van der Waals surface area contributed by atoms with Crippen LogP contribution in [0.2, 0.25) is 0 Å². The van der Waals surface area contributed by atoms with Crippen molar-refractivity contribution in [3.05, 3.63) is 89.7 Å². The molecular formula is C27H23F4N3O3S. The van der Waals surface area contributed by atoms with Crippen molar-refractivity contribution in [2.24, 2.45) is 4.99 Å². The Morgan fingerprint density at radius 2 is 1.84 bits per heavy atom. The van der Waals surface area contributed by atoms with Crippen LogP contribution in [-0.2, 0) is 22.2 Å². The zero-order chi connectivity index (χ0) is 27.3. The number of ether oxygens (including phenoxy) is 1. The molecule has 0 aliphatic carbocycles. The molecule has 0 radical (unpaired) electrons. The van der Waals surface area contributed by atoms with Crippen LogP contribution < -0.4 is 10.1 Å². The molecule has 6 nitrogen and oxygen atoms in total. The number of aliphatic imine (C=N–C) groups is 1. The molecule has 198 valence electrons. The van der Waals surface area contributed by atoms with Crippen molar-refractivity contribution in [3.8, 4) is 5.75 Å². The summed E-state index contributed by atoms with van der Waals surface area (Å²) in [5.41, 5.74) is -0.0323. The number of methoxy groups -OCH3 is 1. The van der Waals surface area contributed by atoms with E-state index in [1.807, 2.05) is 12.1 Å². The Morgan fingerprint density at radius 1 is 1.11 bits per heavy atom. The summed E-state index contributed by atoms with van der Waals surface area (Å²) in [6.45, 7) is 0.192. The molecule has 1 aliphatic rings. The Balaban J connectivity index is 1.60. The van der Waals surface area contributed by atoms with Crippen molar-refractivity contribution < 1.29 is 31.9 Å². The summed E-state index contributed by atoms with van der Waals surface area (Å²) in [7, 11) is 1.55. The average Bonchev–Trinajstić information content (AvgIpc) is 2.89. The third kappa shape index (κ3) is 6.71. The van der Waals surface area contributed by atoms with Gasteiger partial charge in [0.2, 0.25) is 11.8 Å². The molecule has 1 unspecified atom stereocenters. The molecule has 1 aliphatic heterocycles. The molecule has 1 atom stereocenters. The number of benzene rings is 3. The number of carbonyl (C=O) groups excluding carboxylic acids is 2. The Hall–Kier alpha value is -3.86. The van der Waals surface area contributed by atoms with Crippen molar-refractivity contribution in [3.63, 3.8) is 0 Å². The lowest BCUT2D eigenvalue weighted by Gasteiger charge is -2.32. The number of nitrogens with one attached hydrogen (secondary N) is 1. The van der Waals surface area contributed by atoms with E-state index >= 15 is 0 Å². The van der Waals surface area contributed by atoms with Crippen molar-refractivity contribution in [2.45, 2.75) is 24.3 Å². The van der Waals surface area contributed by atoms with E-state index in [9.17, 15) is 27.2 Å². The van der Waals surface area contributed by atoms with Crippen LogP contribution in [0.3, 0.4) is 0 Å². The monoisotopic (exact) mass is 545 g/mol. The lowest BCUT2D eigenvalue weighted by atomic mass is 10.1. The molecule has 3 aromatic carbocycles. The third-order valence-electron chi connectivity index (χ3n) is 5.75. The second kappa shape index (κ2) is 11.7. The van der Waals surface area contributed by atoms with Crippen molar-refractivity contribution in [1.29, 1.82) is 0 Å². The molecule has 11 heteroatoms. The van der Waals surface area contributed by atoms with Crippen LogP contribution in [0.5, 0.6) is 5.75 Å². The molecule has 0 aromatic heterocycles. The smallest absolute Gasteiger partial charge is 0.416 e. The molecule has 1 N–H and O–H groups in total. The maximum Gasteiger partial charge on any atom is 0.416 e. The van der Waals surface area contributed by atoms with Crippen LogP contribution in [0.1, 0.15) is 17.5 Å². The summed E-state index contributed by atoms with van der Waals surface area (Å²) in [4.78, 5) is 31.8. The van der Waals surface area contributed by atoms with Gasteiger partial charge in [-0.25, -0.2) is 9.38 Å². The van der Waals surface area contributed by atoms with E-state index in [2.05, 4.69) is 10.3 Å². The lowest BCUT2D eigenvalue weighted by Crippen LogP contribution is -2.46. The summed E-state index contributed by atoms with van der Waals surface area (Å²) < 4.78 is 58.9. The van der Waals surface area contributed by atoms with Gasteiger partial charge in [0.05, 0.1) is 24.0 Å². The van der Waals surface area contributed by atoms with Gasteiger partial charge in [0, 0.05) is 13.0 Å². The summed E-state index contributed by atoms with van der Waals surface area (Å²) in [6.07, 6.45) is -4.32. The SMILES string of the molecule is COc1ccc(CCN2C(=O)CC(C(=O)Nc3ccccc3F)SC2=Nc2cccc(C(F)(F)F)c2)cc1. The summed E-state index contributed by atoms with van der Waals surface area (Å²) in [5.74, 6) is -0.988. The van der Waals surface area contributed by atoms with Gasteiger partial charge in [0.15, 0.2) is 5.17 Å². The van der Waals surface area contributed by atoms with Gasteiger partial charge >= 0.3 is 6.18 Å². The van der Waals surface area contributed by atoms with Crippen LogP contribution in [0.4, 0.5) is 28.9 Å². The Kier molecular flexibility index (Phi) is 8.35. The highest BCUT2D eigenvalue weighted by Crippen LogP contribution is 2.34. The lowest BCUT2D eigenvalue weighted by molar-refractivity contribution is -0.137. The maximum atomic E-state index is 14.0. The highest BCUT2D eigenvalue weighted by atomic mass is 32.2. The van der Waals surface area contributed by atoms with Crippen molar-refractivity contribution in [2.75, 3.05) is 19.0 Å². The number of para-hydroxylation sites is 1. The second-order valence-electron chi connectivity index (χ2n) is 8.37. The van der Waals surface area contributed by atoms with Crippen LogP contribution in [-0.4, -0.2) is 40.8 Å². The first-order chi connectivity index (χ1) is 18.1. The summed E-state index contributed by atoms with van der Waals surface area (Å²) >= 11 is 0.945. The molecule has 1 saturated heterocycles. The van der Waals surface area contributed by atoms with Gasteiger partial charge in [-0.3, -0.25) is 14.5 Å². The first-order valence-corrected chi connectivity index (χ1v) is 12.4. The number of anilines is 1. The van der Waals surface area contributed by atoms with Crippen molar-refractivity contribution >= 4 is 40.1 Å². The predicted molar refractivity (Wildman–Crippen MR) is 138 cm³/mol. The molecule has 4 rings (SSSR count). The van der Waals surface area contributed by atoms with E-state index in [1.165, 1.54) is 35.2 Å². The molecule has 0 saturated carbocycles. The van der Waals surface area contributed by atoms with E-state index < -0.39 is 34.6 Å². The fourth-order valence-corrected chi connectivity index (χ4v) is 4.86. The van der Waals surface area contributed by atoms with E-state index in [0.29, 0.717) is 12.2 Å². The van der Waals surface area contributed by atoms with E-state index in [-0.39, 0.29) is 29.5 Å². The van der Waals surface area contributed by atoms with Crippen LogP contribution in [0.15, 0.2) is 77.8 Å². The quantitative estimate of drug-likeness (QED) is 0.367. The standard InChI is InChI=1S/C27H23F4N3O3S/c1-37-20-11-9-17(10-12-20)13-14-34-24(35)16-23(25(36)33-22-8-3-2-7-21(22)28)38-26(34)32-19-6-4-5-18(15-19)27(29,30)31/h2-12,15,23H,13-14,16H2,1H3,(H,33,36). The minimum Gasteiger partial charge on any atom is -0.497 e. The number of amides is 2. The first kappa shape index (κ1) is 27.2. The average molecular weight is 546 g/mol. The molecule has 38 heavy (non-hydrogen) atoms. The predicted octanol–water partition coefficient (Wildman–Crippen LogP) is 6.06. The molecule has 1 fully saturated rings. The molecule has 3 aromatic rings. The number of rotatable bonds is 7. The minimum atomic E-state index is -4.57. The largest absolute Gasteiger partial charge is 0.497 e. The normalized spacial score (nSPS) is 17.0. The number of alkyl halides is 3. The molecule has 2 amide bonds. The molecule has 0 bridgehead atoms. The Morgan fingerprint density at radius 3 is 2.53 bits per heavy atom. The van der Waals surface area contributed by atoms with Gasteiger partial charge in [-0.05, 0) is 54.4 Å². The fraction of sp³-hybridized carbons (Fsp3) is 0.222. The first-order valence-electron chi connectivity index (χ1n) is 11.6. The number of hydrogen-bond acceptors (Lipinski definition) is 5. The van der Waals surface area contributed by atoms with Gasteiger partial charge in [-0.15, -0.1) is 0 Å². The number of hydrogen-bond donors (Lipinski definition) is 1. The Bertz CT molecular complexity index is 1350.